The smallest absolute Gasteiger partial charge is 0.413 e. The summed E-state index contributed by atoms with van der Waals surface area (Å²) >= 11 is 0.931. The van der Waals surface area contributed by atoms with Crippen LogP contribution < -0.4 is 16.0 Å². The van der Waals surface area contributed by atoms with E-state index >= 15 is 0 Å². The number of benzene rings is 2. The van der Waals surface area contributed by atoms with Crippen molar-refractivity contribution >= 4 is 49.3 Å². The number of piperazine rings is 1. The van der Waals surface area contributed by atoms with E-state index in [4.69, 9.17) is 0 Å². The first-order valence-electron chi connectivity index (χ1n) is 14.1. The predicted octanol–water partition coefficient (Wildman–Crippen LogP) is 3.65. The maximum Gasteiger partial charge on any atom is 0.413 e. The fourth-order valence-electron chi connectivity index (χ4n) is 5.65. The molecule has 226 valence electrons. The number of carbonyl (C=O) groups excluding carboxylic acids is 1. The van der Waals surface area contributed by atoms with Crippen LogP contribution in [0.1, 0.15) is 23.7 Å². The van der Waals surface area contributed by atoms with Crippen molar-refractivity contribution in [1.82, 2.24) is 29.5 Å². The second-order valence-corrected chi connectivity index (χ2v) is 13.9. The van der Waals surface area contributed by atoms with Gasteiger partial charge >= 0.3 is 6.09 Å². The minimum absolute atomic E-state index is 0.0617. The van der Waals surface area contributed by atoms with Crippen LogP contribution in [0.5, 0.6) is 0 Å². The van der Waals surface area contributed by atoms with E-state index in [9.17, 15) is 13.2 Å². The molecule has 0 saturated carbocycles. The van der Waals surface area contributed by atoms with Crippen LogP contribution in [0.3, 0.4) is 0 Å². The van der Waals surface area contributed by atoms with Crippen LogP contribution in [0.4, 0.5) is 15.7 Å². The number of thiazole rings is 1. The van der Waals surface area contributed by atoms with E-state index in [-0.39, 0.29) is 15.4 Å². The molecule has 4 aromatic rings. The number of hydrogen-bond donors (Lipinski definition) is 3. The standard InChI is InChI=1S/C29H34N8O4S2/c1-18(16-36-9-11-37(12-10-36)43(39,40)27-19(2)34-28(42-27)35-29(38)41-3)33-26-24-6-4-5-23(25(24)31-17-32-26)20-7-8-21-14-30-15-22(21)13-20/h4-8,13,17-18,30H,9-12,14-16H2,1-3H3,(H,31,32,33)(H,34,35,38)/t18-/m0/s1. The lowest BCUT2D eigenvalue weighted by atomic mass is 9.98. The quantitative estimate of drug-likeness (QED) is 0.267. The molecule has 2 aromatic heterocycles. The van der Waals surface area contributed by atoms with Crippen LogP contribution in [-0.2, 0) is 27.8 Å². The number of hydrogen-bond acceptors (Lipinski definition) is 11. The fraction of sp³-hybridized carbons (Fsp3) is 0.379. The molecular weight excluding hydrogens is 589 g/mol. The number of amides is 1. The van der Waals surface area contributed by atoms with Crippen LogP contribution in [0, 0.1) is 6.92 Å². The van der Waals surface area contributed by atoms with Crippen molar-refractivity contribution in [2.45, 2.75) is 37.2 Å². The SMILES string of the molecule is COC(=O)Nc1nc(C)c(S(=O)(=O)N2CCN(C[C@H](C)Nc3ncnc4c(-c5ccc6c(c5)CNC6)cccc34)CC2)s1. The van der Waals surface area contributed by atoms with Gasteiger partial charge in [-0.1, -0.05) is 35.6 Å². The zero-order valence-corrected chi connectivity index (χ0v) is 25.9. The number of nitrogens with one attached hydrogen (secondary N) is 3. The number of aromatic nitrogens is 3. The second-order valence-electron chi connectivity index (χ2n) is 10.8. The molecule has 0 unspecified atom stereocenters. The third-order valence-corrected chi connectivity index (χ3v) is 11.3. The van der Waals surface area contributed by atoms with Crippen molar-refractivity contribution in [3.05, 3.63) is 59.5 Å². The summed E-state index contributed by atoms with van der Waals surface area (Å²) in [7, 11) is -2.50. The Morgan fingerprint density at radius 3 is 2.70 bits per heavy atom. The van der Waals surface area contributed by atoms with Gasteiger partial charge in [-0.05, 0) is 42.7 Å². The van der Waals surface area contributed by atoms with Gasteiger partial charge < -0.3 is 15.4 Å². The first-order valence-corrected chi connectivity index (χ1v) is 16.4. The summed E-state index contributed by atoms with van der Waals surface area (Å²) < 4.78 is 32.9. The molecule has 0 radical (unpaired) electrons. The lowest BCUT2D eigenvalue weighted by molar-refractivity contribution is 0.184. The highest BCUT2D eigenvalue weighted by molar-refractivity contribution is 7.91. The Morgan fingerprint density at radius 1 is 1.12 bits per heavy atom. The monoisotopic (exact) mass is 622 g/mol. The molecule has 43 heavy (non-hydrogen) atoms. The largest absolute Gasteiger partial charge is 0.453 e. The summed E-state index contributed by atoms with van der Waals surface area (Å²) in [6, 6.07) is 12.8. The van der Waals surface area contributed by atoms with Crippen LogP contribution in [0.2, 0.25) is 0 Å². The fourth-order valence-corrected chi connectivity index (χ4v) is 8.61. The number of carbonyl (C=O) groups is 1. The van der Waals surface area contributed by atoms with Gasteiger partial charge in [-0.25, -0.2) is 28.2 Å². The number of rotatable bonds is 8. The number of fused-ring (bicyclic) bond motifs is 2. The van der Waals surface area contributed by atoms with Crippen LogP contribution >= 0.6 is 11.3 Å². The highest BCUT2D eigenvalue weighted by Gasteiger charge is 2.32. The van der Waals surface area contributed by atoms with E-state index in [1.807, 2.05) is 12.1 Å². The average molecular weight is 623 g/mol. The normalized spacial score (nSPS) is 16.6. The van der Waals surface area contributed by atoms with Gasteiger partial charge in [-0.3, -0.25) is 10.2 Å². The Labute approximate surface area is 254 Å². The summed E-state index contributed by atoms with van der Waals surface area (Å²) in [4.78, 5) is 27.2. The minimum Gasteiger partial charge on any atom is -0.453 e. The summed E-state index contributed by atoms with van der Waals surface area (Å²) in [5.74, 6) is 0.778. The maximum atomic E-state index is 13.4. The molecule has 6 rings (SSSR count). The van der Waals surface area contributed by atoms with Crippen molar-refractivity contribution in [2.24, 2.45) is 0 Å². The van der Waals surface area contributed by atoms with E-state index in [2.05, 4.69) is 71.7 Å². The number of ether oxygens (including phenoxy) is 1. The topological polar surface area (TPSA) is 142 Å². The van der Waals surface area contributed by atoms with Gasteiger partial charge in [0.1, 0.15) is 12.1 Å². The Hall–Kier alpha value is -3.69. The van der Waals surface area contributed by atoms with E-state index in [1.165, 1.54) is 22.5 Å². The van der Waals surface area contributed by atoms with Gasteiger partial charge in [0.15, 0.2) is 9.34 Å². The minimum atomic E-state index is -3.74. The Morgan fingerprint density at radius 2 is 1.91 bits per heavy atom. The molecule has 0 spiro atoms. The van der Waals surface area contributed by atoms with Crippen molar-refractivity contribution < 1.29 is 17.9 Å². The molecule has 2 aliphatic rings. The van der Waals surface area contributed by atoms with Crippen molar-refractivity contribution in [3.63, 3.8) is 0 Å². The molecule has 2 aromatic carbocycles. The number of sulfonamides is 1. The zero-order chi connectivity index (χ0) is 30.1. The molecule has 1 atom stereocenters. The Kier molecular flexibility index (Phi) is 8.29. The number of nitrogens with zero attached hydrogens (tertiary/aromatic N) is 5. The highest BCUT2D eigenvalue weighted by Crippen LogP contribution is 2.33. The van der Waals surface area contributed by atoms with Gasteiger partial charge in [0.05, 0.1) is 18.3 Å². The summed E-state index contributed by atoms with van der Waals surface area (Å²) in [5, 5.41) is 10.6. The van der Waals surface area contributed by atoms with Crippen LogP contribution in [0.25, 0.3) is 22.0 Å². The highest BCUT2D eigenvalue weighted by atomic mass is 32.2. The predicted molar refractivity (Wildman–Crippen MR) is 167 cm³/mol. The van der Waals surface area contributed by atoms with Gasteiger partial charge in [-0.2, -0.15) is 4.31 Å². The molecule has 4 heterocycles. The van der Waals surface area contributed by atoms with E-state index in [0.717, 1.165) is 58.8 Å². The van der Waals surface area contributed by atoms with Crippen LogP contribution in [0.15, 0.2) is 46.9 Å². The molecule has 12 nitrogen and oxygen atoms in total. The van der Waals surface area contributed by atoms with Crippen molar-refractivity contribution in [1.29, 1.82) is 0 Å². The molecule has 1 fully saturated rings. The Bertz CT molecular complexity index is 1770. The molecule has 1 amide bonds. The third kappa shape index (κ3) is 6.06. The molecule has 3 N–H and O–H groups in total. The first kappa shape index (κ1) is 29.4. The number of anilines is 2. The lowest BCUT2D eigenvalue weighted by Crippen LogP contribution is -2.50. The van der Waals surface area contributed by atoms with Gasteiger partial charge in [0.2, 0.25) is 0 Å². The first-order chi connectivity index (χ1) is 20.7. The molecule has 2 aliphatic heterocycles. The number of methoxy groups -OCH3 is 1. The maximum absolute atomic E-state index is 13.4. The van der Waals surface area contributed by atoms with E-state index in [1.54, 1.807) is 13.3 Å². The van der Waals surface area contributed by atoms with Gasteiger partial charge in [-0.15, -0.1) is 0 Å². The Balaban J connectivity index is 1.10. The van der Waals surface area contributed by atoms with E-state index in [0.29, 0.717) is 31.9 Å². The van der Waals surface area contributed by atoms with Crippen molar-refractivity contribution in [3.8, 4) is 11.1 Å². The van der Waals surface area contributed by atoms with E-state index < -0.39 is 16.1 Å². The van der Waals surface area contributed by atoms with Crippen LogP contribution in [-0.4, -0.2) is 84.5 Å². The molecular formula is C29H34N8O4S2. The van der Waals surface area contributed by atoms with Gasteiger partial charge in [0.25, 0.3) is 10.0 Å². The second kappa shape index (κ2) is 12.1. The molecule has 0 bridgehead atoms. The lowest BCUT2D eigenvalue weighted by Gasteiger charge is -2.35. The summed E-state index contributed by atoms with van der Waals surface area (Å²) in [6.07, 6.45) is 0.911. The number of aryl methyl sites for hydroxylation is 1. The van der Waals surface area contributed by atoms with Gasteiger partial charge in [0, 0.05) is 62.8 Å². The third-order valence-electron chi connectivity index (χ3n) is 7.78. The molecule has 0 aliphatic carbocycles. The summed E-state index contributed by atoms with van der Waals surface area (Å²) in [5.41, 5.74) is 6.14. The van der Waals surface area contributed by atoms with Crippen molar-refractivity contribution in [2.75, 3.05) is 50.5 Å². The average Bonchev–Trinajstić information content (AvgIpc) is 3.63. The molecule has 1 saturated heterocycles. The summed E-state index contributed by atoms with van der Waals surface area (Å²) in [6.45, 7) is 8.16. The number of para-hydroxylation sites is 1. The zero-order valence-electron chi connectivity index (χ0n) is 24.3. The molecule has 14 heteroatoms.